The lowest BCUT2D eigenvalue weighted by Crippen LogP contribution is -2.49. The van der Waals surface area contributed by atoms with Crippen LogP contribution < -0.4 is 4.90 Å². The van der Waals surface area contributed by atoms with Gasteiger partial charge >= 0.3 is 0 Å². The number of carbonyl (C=O) groups is 1. The van der Waals surface area contributed by atoms with Crippen molar-refractivity contribution in [2.45, 2.75) is 39.7 Å². The first-order chi connectivity index (χ1) is 10.2. The second kappa shape index (κ2) is 6.52. The van der Waals surface area contributed by atoms with Crippen LogP contribution in [-0.2, 0) is 4.79 Å². The van der Waals surface area contributed by atoms with E-state index >= 15 is 0 Å². The Bertz CT molecular complexity index is 551. The highest BCUT2D eigenvalue weighted by Crippen LogP contribution is 2.26. The number of piperidine rings is 1. The zero-order valence-electron chi connectivity index (χ0n) is 13.6. The normalized spacial score (nSPS) is 16.7. The maximum atomic E-state index is 14.0. The molecule has 1 aliphatic heterocycles. The lowest BCUT2D eigenvalue weighted by molar-refractivity contribution is -0.140. The highest BCUT2D eigenvalue weighted by molar-refractivity contribution is 9.10. The second-order valence-electron chi connectivity index (χ2n) is 6.84. The molecule has 122 valence electrons. The summed E-state index contributed by atoms with van der Waals surface area (Å²) in [5.41, 5.74) is -0.370. The number of carbonyl (C=O) groups excluding carboxylic acids is 1. The third-order valence-electron chi connectivity index (χ3n) is 4.06. The Balaban J connectivity index is 2.00. The number of anilines is 1. The lowest BCUT2D eigenvalue weighted by Gasteiger charge is -2.39. The Morgan fingerprint density at radius 1 is 1.41 bits per heavy atom. The van der Waals surface area contributed by atoms with E-state index in [0.29, 0.717) is 23.4 Å². The standard InChI is InChI=1S/C16H23BrFN3O/c1-16(2,3)15(22)20(4)12-5-7-21(8-6-12)14-13(18)9-11(17)10-19-14/h9-10,12H,5-8H2,1-4H3. The van der Waals surface area contributed by atoms with Crippen LogP contribution in [0.15, 0.2) is 16.7 Å². The fourth-order valence-corrected chi connectivity index (χ4v) is 3.10. The highest BCUT2D eigenvalue weighted by atomic mass is 79.9. The average molecular weight is 372 g/mol. The monoisotopic (exact) mass is 371 g/mol. The van der Waals surface area contributed by atoms with Crippen LogP contribution in [0.3, 0.4) is 0 Å². The van der Waals surface area contributed by atoms with Gasteiger partial charge in [0.15, 0.2) is 11.6 Å². The zero-order chi connectivity index (χ0) is 16.5. The molecule has 1 aliphatic rings. The van der Waals surface area contributed by atoms with Crippen molar-refractivity contribution in [1.29, 1.82) is 0 Å². The third kappa shape index (κ3) is 3.77. The van der Waals surface area contributed by atoms with Gasteiger partial charge in [0.05, 0.1) is 0 Å². The summed E-state index contributed by atoms with van der Waals surface area (Å²) >= 11 is 3.22. The maximum absolute atomic E-state index is 14.0. The summed E-state index contributed by atoms with van der Waals surface area (Å²) in [5.74, 6) is 0.234. The molecule has 0 spiro atoms. The van der Waals surface area contributed by atoms with Crippen LogP contribution in [0.25, 0.3) is 0 Å². The van der Waals surface area contributed by atoms with Crippen molar-refractivity contribution >= 4 is 27.7 Å². The molecular formula is C16H23BrFN3O. The number of halogens is 2. The molecule has 0 atom stereocenters. The van der Waals surface area contributed by atoms with Crippen molar-refractivity contribution in [2.24, 2.45) is 5.41 Å². The Morgan fingerprint density at radius 2 is 2.00 bits per heavy atom. The Kier molecular flexibility index (Phi) is 5.10. The minimum atomic E-state index is -0.370. The van der Waals surface area contributed by atoms with Gasteiger partial charge in [-0.05, 0) is 34.8 Å². The fourth-order valence-electron chi connectivity index (χ4n) is 2.80. The molecule has 0 N–H and O–H groups in total. The van der Waals surface area contributed by atoms with Crippen molar-refractivity contribution in [3.05, 3.63) is 22.6 Å². The second-order valence-corrected chi connectivity index (χ2v) is 7.76. The first-order valence-electron chi connectivity index (χ1n) is 7.53. The summed E-state index contributed by atoms with van der Waals surface area (Å²) in [7, 11) is 1.87. The number of hydrogen-bond acceptors (Lipinski definition) is 3. The number of amides is 1. The molecule has 6 heteroatoms. The van der Waals surface area contributed by atoms with Crippen molar-refractivity contribution in [2.75, 3.05) is 25.0 Å². The van der Waals surface area contributed by atoms with E-state index in [1.54, 1.807) is 6.20 Å². The van der Waals surface area contributed by atoms with Crippen LogP contribution in [0.2, 0.25) is 0 Å². The molecule has 1 aromatic heterocycles. The molecule has 0 unspecified atom stereocenters. The number of rotatable bonds is 2. The summed E-state index contributed by atoms with van der Waals surface area (Å²) in [6, 6.07) is 1.64. The fraction of sp³-hybridized carbons (Fsp3) is 0.625. The van der Waals surface area contributed by atoms with E-state index in [9.17, 15) is 9.18 Å². The third-order valence-corrected chi connectivity index (χ3v) is 4.50. The Morgan fingerprint density at radius 3 is 2.50 bits per heavy atom. The van der Waals surface area contributed by atoms with Gasteiger partial charge in [-0.1, -0.05) is 20.8 Å². The van der Waals surface area contributed by atoms with E-state index in [-0.39, 0.29) is 23.2 Å². The summed E-state index contributed by atoms with van der Waals surface area (Å²) < 4.78 is 14.6. The van der Waals surface area contributed by atoms with Gasteiger partial charge in [0.1, 0.15) is 0 Å². The van der Waals surface area contributed by atoms with Crippen molar-refractivity contribution in [1.82, 2.24) is 9.88 Å². The summed E-state index contributed by atoms with van der Waals surface area (Å²) in [4.78, 5) is 20.3. The molecule has 1 fully saturated rings. The maximum Gasteiger partial charge on any atom is 0.227 e. The zero-order valence-corrected chi connectivity index (χ0v) is 15.2. The molecule has 0 radical (unpaired) electrons. The number of nitrogens with zero attached hydrogens (tertiary/aromatic N) is 3. The first-order valence-corrected chi connectivity index (χ1v) is 8.32. The highest BCUT2D eigenvalue weighted by Gasteiger charge is 2.32. The largest absolute Gasteiger partial charge is 0.354 e. The number of hydrogen-bond donors (Lipinski definition) is 0. The molecule has 1 saturated heterocycles. The van der Waals surface area contributed by atoms with E-state index in [1.165, 1.54) is 6.07 Å². The molecule has 2 rings (SSSR count). The number of aromatic nitrogens is 1. The van der Waals surface area contributed by atoms with E-state index in [1.807, 2.05) is 37.6 Å². The quantitative estimate of drug-likeness (QED) is 0.798. The van der Waals surface area contributed by atoms with Gasteiger partial charge in [-0.25, -0.2) is 9.37 Å². The van der Waals surface area contributed by atoms with Gasteiger partial charge < -0.3 is 9.80 Å². The van der Waals surface area contributed by atoms with E-state index < -0.39 is 0 Å². The van der Waals surface area contributed by atoms with E-state index in [0.717, 1.165) is 12.8 Å². The van der Waals surface area contributed by atoms with Crippen LogP contribution in [-0.4, -0.2) is 42.0 Å². The minimum Gasteiger partial charge on any atom is -0.354 e. The molecule has 22 heavy (non-hydrogen) atoms. The Hall–Kier alpha value is -1.17. The van der Waals surface area contributed by atoms with Crippen LogP contribution in [0, 0.1) is 11.2 Å². The number of pyridine rings is 1. The molecule has 1 amide bonds. The average Bonchev–Trinajstić information content (AvgIpc) is 2.45. The van der Waals surface area contributed by atoms with Crippen LogP contribution in [0.4, 0.5) is 10.2 Å². The van der Waals surface area contributed by atoms with Crippen molar-refractivity contribution in [3.8, 4) is 0 Å². The first kappa shape index (κ1) is 17.2. The van der Waals surface area contributed by atoms with Gasteiger partial charge in [0.2, 0.25) is 5.91 Å². The van der Waals surface area contributed by atoms with Gasteiger partial charge in [-0.15, -0.1) is 0 Å². The smallest absolute Gasteiger partial charge is 0.227 e. The molecule has 0 saturated carbocycles. The van der Waals surface area contributed by atoms with Crippen LogP contribution in [0.5, 0.6) is 0 Å². The van der Waals surface area contributed by atoms with Crippen LogP contribution in [0.1, 0.15) is 33.6 Å². The van der Waals surface area contributed by atoms with Gasteiger partial charge in [-0.3, -0.25) is 4.79 Å². The molecule has 2 heterocycles. The molecular weight excluding hydrogens is 349 g/mol. The minimum absolute atomic E-state index is 0.152. The molecule has 0 aromatic carbocycles. The molecule has 4 nitrogen and oxygen atoms in total. The summed E-state index contributed by atoms with van der Waals surface area (Å²) in [6.45, 7) is 7.21. The SMILES string of the molecule is CN(C(=O)C(C)(C)C)C1CCN(c2ncc(Br)cc2F)CC1. The Labute approximate surface area is 139 Å². The topological polar surface area (TPSA) is 36.4 Å². The molecule has 0 bridgehead atoms. The van der Waals surface area contributed by atoms with E-state index in [4.69, 9.17) is 0 Å². The lowest BCUT2D eigenvalue weighted by atomic mass is 9.92. The van der Waals surface area contributed by atoms with Gasteiger partial charge in [-0.2, -0.15) is 0 Å². The summed E-state index contributed by atoms with van der Waals surface area (Å²) in [5, 5.41) is 0. The predicted molar refractivity (Wildman–Crippen MR) is 89.4 cm³/mol. The van der Waals surface area contributed by atoms with Gasteiger partial charge in [0.25, 0.3) is 0 Å². The van der Waals surface area contributed by atoms with Crippen LogP contribution >= 0.6 is 15.9 Å². The van der Waals surface area contributed by atoms with E-state index in [2.05, 4.69) is 20.9 Å². The van der Waals surface area contributed by atoms with Crippen molar-refractivity contribution in [3.63, 3.8) is 0 Å². The van der Waals surface area contributed by atoms with Gasteiger partial charge in [0, 0.05) is 42.3 Å². The predicted octanol–water partition coefficient (Wildman–Crippen LogP) is 3.46. The molecule has 0 aliphatic carbocycles. The van der Waals surface area contributed by atoms with Crippen molar-refractivity contribution < 1.29 is 9.18 Å². The molecule has 1 aromatic rings. The summed E-state index contributed by atoms with van der Waals surface area (Å²) in [6.07, 6.45) is 3.27.